The summed E-state index contributed by atoms with van der Waals surface area (Å²) >= 11 is 0. The van der Waals surface area contributed by atoms with Crippen LogP contribution >= 0.6 is 0 Å². The van der Waals surface area contributed by atoms with Crippen molar-refractivity contribution in [1.29, 1.82) is 5.26 Å². The van der Waals surface area contributed by atoms with Crippen molar-refractivity contribution in [2.45, 2.75) is 6.42 Å². The fraction of sp³-hybridized carbons (Fsp3) is 0.200. The van der Waals surface area contributed by atoms with Crippen LogP contribution in [0.4, 0.5) is 0 Å². The van der Waals surface area contributed by atoms with Gasteiger partial charge >= 0.3 is 0 Å². The number of nitrogens with zero attached hydrogens (tertiary/aromatic N) is 2. The van der Waals surface area contributed by atoms with Gasteiger partial charge in [-0.3, -0.25) is 0 Å². The summed E-state index contributed by atoms with van der Waals surface area (Å²) < 4.78 is 4.98. The van der Waals surface area contributed by atoms with Gasteiger partial charge in [-0.25, -0.2) is 0 Å². The first-order valence-electron chi connectivity index (χ1n) is 4.04. The SMILES string of the molecule is COc1ccc(/C(CC#N)=N\O)cc1. The minimum atomic E-state index is 0.0861. The van der Waals surface area contributed by atoms with Gasteiger partial charge in [0.05, 0.1) is 19.6 Å². The largest absolute Gasteiger partial charge is 0.497 e. The molecule has 0 fully saturated rings. The standard InChI is InChI=1S/C10H10N2O2/c1-14-9-4-2-8(3-5-9)10(12-13)6-7-11/h2-5,13H,6H2,1H3/b12-10-. The number of benzene rings is 1. The van der Waals surface area contributed by atoms with Gasteiger partial charge < -0.3 is 9.94 Å². The highest BCUT2D eigenvalue weighted by Crippen LogP contribution is 2.12. The lowest BCUT2D eigenvalue weighted by molar-refractivity contribution is 0.318. The first-order chi connectivity index (χ1) is 6.81. The van der Waals surface area contributed by atoms with Crippen molar-refractivity contribution in [1.82, 2.24) is 0 Å². The predicted molar refractivity (Wildman–Crippen MR) is 51.5 cm³/mol. The molecule has 0 unspecified atom stereocenters. The molecule has 0 amide bonds. The molecule has 0 spiro atoms. The van der Waals surface area contributed by atoms with Crippen molar-refractivity contribution in [3.63, 3.8) is 0 Å². The number of nitriles is 1. The highest BCUT2D eigenvalue weighted by atomic mass is 16.5. The molecule has 1 aromatic rings. The summed E-state index contributed by atoms with van der Waals surface area (Å²) in [5, 5.41) is 20.2. The minimum Gasteiger partial charge on any atom is -0.497 e. The van der Waals surface area contributed by atoms with Crippen LogP contribution in [0.3, 0.4) is 0 Å². The fourth-order valence-corrected chi connectivity index (χ4v) is 1.05. The molecule has 1 aromatic carbocycles. The molecular formula is C10H10N2O2. The van der Waals surface area contributed by atoms with Gasteiger partial charge in [-0.15, -0.1) is 0 Å². The monoisotopic (exact) mass is 190 g/mol. The number of hydrogen-bond donors (Lipinski definition) is 1. The van der Waals surface area contributed by atoms with E-state index in [1.165, 1.54) is 0 Å². The van der Waals surface area contributed by atoms with Gasteiger partial charge in [0.2, 0.25) is 0 Å². The fourth-order valence-electron chi connectivity index (χ4n) is 1.05. The molecule has 1 N–H and O–H groups in total. The zero-order valence-electron chi connectivity index (χ0n) is 7.77. The second-order valence-electron chi connectivity index (χ2n) is 2.61. The van der Waals surface area contributed by atoms with E-state index >= 15 is 0 Å². The molecule has 4 nitrogen and oxygen atoms in total. The van der Waals surface area contributed by atoms with Crippen LogP contribution in [0.5, 0.6) is 5.75 Å². The third-order valence-electron chi connectivity index (χ3n) is 1.79. The van der Waals surface area contributed by atoms with E-state index in [2.05, 4.69) is 5.16 Å². The topological polar surface area (TPSA) is 65.6 Å². The molecule has 0 bridgehead atoms. The Morgan fingerprint density at radius 1 is 1.50 bits per heavy atom. The van der Waals surface area contributed by atoms with Crippen LogP contribution in [-0.4, -0.2) is 18.0 Å². The van der Waals surface area contributed by atoms with E-state index in [-0.39, 0.29) is 6.42 Å². The summed E-state index contributed by atoms with van der Waals surface area (Å²) in [6, 6.07) is 8.90. The maximum absolute atomic E-state index is 8.64. The van der Waals surface area contributed by atoms with E-state index in [0.29, 0.717) is 5.71 Å². The molecule has 0 radical (unpaired) electrons. The lowest BCUT2D eigenvalue weighted by Crippen LogP contribution is -1.99. The molecular weight excluding hydrogens is 180 g/mol. The molecule has 0 aliphatic heterocycles. The van der Waals surface area contributed by atoms with Gasteiger partial charge in [-0.2, -0.15) is 5.26 Å². The lowest BCUT2D eigenvalue weighted by atomic mass is 10.1. The van der Waals surface area contributed by atoms with Crippen molar-refractivity contribution >= 4 is 5.71 Å². The van der Waals surface area contributed by atoms with Crippen molar-refractivity contribution in [2.75, 3.05) is 7.11 Å². The van der Waals surface area contributed by atoms with Gasteiger partial charge in [0.15, 0.2) is 0 Å². The Morgan fingerprint density at radius 3 is 2.57 bits per heavy atom. The molecule has 0 atom stereocenters. The number of methoxy groups -OCH3 is 1. The van der Waals surface area contributed by atoms with Gasteiger partial charge in [0.1, 0.15) is 11.5 Å². The molecule has 72 valence electrons. The Kier molecular flexibility index (Phi) is 3.50. The maximum Gasteiger partial charge on any atom is 0.118 e. The van der Waals surface area contributed by atoms with Crippen LogP contribution in [-0.2, 0) is 0 Å². The first-order valence-corrected chi connectivity index (χ1v) is 4.04. The number of oxime groups is 1. The summed E-state index contributed by atoms with van der Waals surface area (Å²) in [6.07, 6.45) is 0.0861. The lowest BCUT2D eigenvalue weighted by Gasteiger charge is -2.02. The van der Waals surface area contributed by atoms with E-state index < -0.39 is 0 Å². The second-order valence-corrected chi connectivity index (χ2v) is 2.61. The van der Waals surface area contributed by atoms with Gasteiger partial charge in [0.25, 0.3) is 0 Å². The zero-order valence-corrected chi connectivity index (χ0v) is 7.77. The molecule has 0 aromatic heterocycles. The van der Waals surface area contributed by atoms with Gasteiger partial charge in [-0.05, 0) is 24.3 Å². The van der Waals surface area contributed by atoms with Gasteiger partial charge in [-0.1, -0.05) is 5.16 Å². The summed E-state index contributed by atoms with van der Waals surface area (Å²) in [5.74, 6) is 0.725. The van der Waals surface area contributed by atoms with Crippen LogP contribution in [0.2, 0.25) is 0 Å². The molecule has 0 aliphatic rings. The van der Waals surface area contributed by atoms with E-state index in [9.17, 15) is 0 Å². The number of ether oxygens (including phenoxy) is 1. The normalized spacial score (nSPS) is 10.7. The van der Waals surface area contributed by atoms with Crippen LogP contribution in [0.15, 0.2) is 29.4 Å². The average molecular weight is 190 g/mol. The zero-order chi connectivity index (χ0) is 10.4. The summed E-state index contributed by atoms with van der Waals surface area (Å²) in [6.45, 7) is 0. The van der Waals surface area contributed by atoms with E-state index in [1.807, 2.05) is 6.07 Å². The highest BCUT2D eigenvalue weighted by molar-refractivity contribution is 6.01. The molecule has 0 heterocycles. The molecule has 1 rings (SSSR count). The van der Waals surface area contributed by atoms with Gasteiger partial charge in [0, 0.05) is 5.56 Å². The third kappa shape index (κ3) is 2.23. The quantitative estimate of drug-likeness (QED) is 0.449. The van der Waals surface area contributed by atoms with Crippen LogP contribution in [0, 0.1) is 11.3 Å². The molecule has 0 saturated carbocycles. The van der Waals surface area contributed by atoms with Crippen molar-refractivity contribution in [3.05, 3.63) is 29.8 Å². The molecule has 0 aliphatic carbocycles. The highest BCUT2D eigenvalue weighted by Gasteiger charge is 2.03. The summed E-state index contributed by atoms with van der Waals surface area (Å²) in [5.41, 5.74) is 1.07. The Labute approximate surface area is 82.0 Å². The Hall–Kier alpha value is -2.02. The smallest absolute Gasteiger partial charge is 0.118 e. The Morgan fingerprint density at radius 2 is 2.14 bits per heavy atom. The molecule has 14 heavy (non-hydrogen) atoms. The third-order valence-corrected chi connectivity index (χ3v) is 1.79. The van der Waals surface area contributed by atoms with Crippen molar-refractivity contribution in [3.8, 4) is 11.8 Å². The summed E-state index contributed by atoms with van der Waals surface area (Å²) in [7, 11) is 1.57. The van der Waals surface area contributed by atoms with Crippen LogP contribution < -0.4 is 4.74 Å². The number of rotatable bonds is 3. The Bertz CT molecular complexity index is 363. The Balaban J connectivity index is 2.91. The molecule has 4 heteroatoms. The predicted octanol–water partition coefficient (Wildman–Crippen LogP) is 1.79. The first kappa shape index (κ1) is 10.1. The van der Waals surface area contributed by atoms with Crippen molar-refractivity contribution < 1.29 is 9.94 Å². The van der Waals surface area contributed by atoms with E-state index in [4.69, 9.17) is 15.2 Å². The van der Waals surface area contributed by atoms with Crippen LogP contribution in [0.1, 0.15) is 12.0 Å². The number of hydrogen-bond acceptors (Lipinski definition) is 4. The molecule has 0 saturated heterocycles. The van der Waals surface area contributed by atoms with E-state index in [1.54, 1.807) is 31.4 Å². The average Bonchev–Trinajstić information content (AvgIpc) is 2.26. The minimum absolute atomic E-state index is 0.0861. The van der Waals surface area contributed by atoms with E-state index in [0.717, 1.165) is 11.3 Å². The maximum atomic E-state index is 8.64. The van der Waals surface area contributed by atoms with Crippen LogP contribution in [0.25, 0.3) is 0 Å². The van der Waals surface area contributed by atoms with Crippen molar-refractivity contribution in [2.24, 2.45) is 5.16 Å². The second kappa shape index (κ2) is 4.87. The summed E-state index contributed by atoms with van der Waals surface area (Å²) in [4.78, 5) is 0.